The van der Waals surface area contributed by atoms with Gasteiger partial charge in [-0.15, -0.1) is 0 Å². The summed E-state index contributed by atoms with van der Waals surface area (Å²) in [7, 11) is 3.02. The lowest BCUT2D eigenvalue weighted by Gasteiger charge is -2.27. The molecule has 1 heterocycles. The quantitative estimate of drug-likeness (QED) is 0.247. The second-order valence-electron chi connectivity index (χ2n) is 11.6. The third-order valence-corrected chi connectivity index (χ3v) is 7.19. The molecule has 9 nitrogen and oxygen atoms in total. The Labute approximate surface area is 252 Å². The molecule has 43 heavy (non-hydrogen) atoms. The molecule has 1 aliphatic rings. The number of benzene rings is 3. The minimum atomic E-state index is -1.03. The van der Waals surface area contributed by atoms with E-state index in [2.05, 4.69) is 5.32 Å². The van der Waals surface area contributed by atoms with Crippen LogP contribution in [-0.4, -0.2) is 50.3 Å². The first-order chi connectivity index (χ1) is 20.4. The van der Waals surface area contributed by atoms with Gasteiger partial charge in [-0.3, -0.25) is 4.79 Å². The van der Waals surface area contributed by atoms with Crippen LogP contribution in [0.1, 0.15) is 53.4 Å². The summed E-state index contributed by atoms with van der Waals surface area (Å²) in [6.45, 7) is 9.30. The maximum atomic E-state index is 13.6. The molecule has 3 aromatic rings. The summed E-state index contributed by atoms with van der Waals surface area (Å²) < 4.78 is 28.2. The van der Waals surface area contributed by atoms with Crippen LogP contribution in [0.3, 0.4) is 0 Å². The summed E-state index contributed by atoms with van der Waals surface area (Å²) in [6.07, 6.45) is -0.204. The Bertz CT molecular complexity index is 1490. The van der Waals surface area contributed by atoms with Gasteiger partial charge >= 0.3 is 12.1 Å². The first-order valence-corrected chi connectivity index (χ1v) is 14.2. The number of hydrogen-bond donors (Lipinski definition) is 1. The summed E-state index contributed by atoms with van der Waals surface area (Å²) in [5, 5.41) is 2.64. The molecule has 2 atom stereocenters. The van der Waals surface area contributed by atoms with Gasteiger partial charge in [0, 0.05) is 6.42 Å². The predicted octanol–water partition coefficient (Wildman–Crippen LogP) is 5.80. The Morgan fingerprint density at radius 2 is 1.70 bits per heavy atom. The third-order valence-electron chi connectivity index (χ3n) is 7.19. The van der Waals surface area contributed by atoms with Crippen molar-refractivity contribution in [2.75, 3.05) is 20.8 Å². The molecule has 0 fully saturated rings. The summed E-state index contributed by atoms with van der Waals surface area (Å²) >= 11 is 0. The standard InChI is InChI=1S/C34H39NO8/c1-20-15-28-29(31(40-7)21(20)2)30(36)24(19-41-28)16-23-13-14-26(39-6)27(18-23)42-32(37)25(17-22-11-9-8-10-12-22)35-33(38)43-34(3,4)5/h8-15,18,24-25H,16-17,19H2,1-7H3,(H,35,38)/t24?,25-/m0/s1. The predicted molar refractivity (Wildman–Crippen MR) is 161 cm³/mol. The number of ether oxygens (including phenoxy) is 5. The Balaban J connectivity index is 1.56. The SMILES string of the molecule is COc1ccc(CC2COc3cc(C)c(C)c(OC)c3C2=O)cc1OC(=O)[C@H](Cc1ccccc1)NC(=O)OC(C)(C)C. The van der Waals surface area contributed by atoms with Gasteiger partial charge in [-0.25, -0.2) is 9.59 Å². The number of alkyl carbamates (subject to hydrolysis) is 1. The van der Waals surface area contributed by atoms with Gasteiger partial charge in [0.25, 0.3) is 0 Å². The number of fused-ring (bicyclic) bond motifs is 1. The van der Waals surface area contributed by atoms with Crippen molar-refractivity contribution in [3.8, 4) is 23.0 Å². The van der Waals surface area contributed by atoms with E-state index in [0.717, 1.165) is 22.3 Å². The van der Waals surface area contributed by atoms with E-state index in [9.17, 15) is 14.4 Å². The molecule has 3 aromatic carbocycles. The van der Waals surface area contributed by atoms with Crippen molar-refractivity contribution < 1.29 is 38.1 Å². The van der Waals surface area contributed by atoms with Crippen molar-refractivity contribution in [1.29, 1.82) is 0 Å². The number of carbonyl (C=O) groups is 3. The zero-order valence-corrected chi connectivity index (χ0v) is 25.7. The molecule has 228 valence electrons. The number of Topliss-reactive ketones (excluding diaryl/α,β-unsaturated/α-hetero) is 1. The molecule has 1 N–H and O–H groups in total. The highest BCUT2D eigenvalue weighted by Crippen LogP contribution is 2.40. The lowest BCUT2D eigenvalue weighted by atomic mass is 9.87. The lowest BCUT2D eigenvalue weighted by Crippen LogP contribution is -2.46. The van der Waals surface area contributed by atoms with Crippen molar-refractivity contribution in [1.82, 2.24) is 5.32 Å². The number of rotatable bonds is 9. The molecule has 1 amide bonds. The van der Waals surface area contributed by atoms with E-state index in [1.54, 1.807) is 40.0 Å². The lowest BCUT2D eigenvalue weighted by molar-refractivity contribution is -0.136. The van der Waals surface area contributed by atoms with Crippen molar-refractivity contribution >= 4 is 17.8 Å². The fourth-order valence-corrected chi connectivity index (χ4v) is 4.96. The van der Waals surface area contributed by atoms with Crippen LogP contribution in [0, 0.1) is 19.8 Å². The van der Waals surface area contributed by atoms with Gasteiger partial charge in [-0.2, -0.15) is 0 Å². The molecule has 0 aromatic heterocycles. The average molecular weight is 590 g/mol. The van der Waals surface area contributed by atoms with Gasteiger partial charge < -0.3 is 29.0 Å². The summed E-state index contributed by atoms with van der Waals surface area (Å²) in [5.41, 5.74) is 3.15. The van der Waals surface area contributed by atoms with E-state index in [0.29, 0.717) is 29.2 Å². The van der Waals surface area contributed by atoms with Crippen LogP contribution in [0.2, 0.25) is 0 Å². The fourth-order valence-electron chi connectivity index (χ4n) is 4.96. The van der Waals surface area contributed by atoms with E-state index >= 15 is 0 Å². The smallest absolute Gasteiger partial charge is 0.408 e. The fraction of sp³-hybridized carbons (Fsp3) is 0.382. The van der Waals surface area contributed by atoms with Crippen molar-refractivity contribution in [2.24, 2.45) is 5.92 Å². The summed E-state index contributed by atoms with van der Waals surface area (Å²) in [4.78, 5) is 39.7. The van der Waals surface area contributed by atoms with Crippen molar-refractivity contribution in [3.05, 3.63) is 82.4 Å². The summed E-state index contributed by atoms with van der Waals surface area (Å²) in [6, 6.07) is 15.3. The number of amides is 1. The normalized spacial score (nSPS) is 15.0. The maximum absolute atomic E-state index is 13.6. The zero-order valence-electron chi connectivity index (χ0n) is 25.7. The monoisotopic (exact) mass is 589 g/mol. The minimum Gasteiger partial charge on any atom is -0.496 e. The molecule has 9 heteroatoms. The van der Waals surface area contributed by atoms with Gasteiger partial charge in [0.2, 0.25) is 0 Å². The molecule has 0 saturated carbocycles. The van der Waals surface area contributed by atoms with Gasteiger partial charge in [-0.1, -0.05) is 36.4 Å². The van der Waals surface area contributed by atoms with Crippen LogP contribution in [0.15, 0.2) is 54.6 Å². The topological polar surface area (TPSA) is 109 Å². The molecule has 1 aliphatic heterocycles. The molecule has 0 spiro atoms. The largest absolute Gasteiger partial charge is 0.496 e. The van der Waals surface area contributed by atoms with Crippen LogP contribution in [0.25, 0.3) is 0 Å². The van der Waals surface area contributed by atoms with Gasteiger partial charge in [0.05, 0.1) is 26.7 Å². The average Bonchev–Trinajstić information content (AvgIpc) is 2.95. The van der Waals surface area contributed by atoms with Crippen LogP contribution >= 0.6 is 0 Å². The second kappa shape index (κ2) is 13.2. The molecule has 0 saturated heterocycles. The van der Waals surface area contributed by atoms with Gasteiger partial charge in [0.1, 0.15) is 28.7 Å². The number of hydrogen-bond acceptors (Lipinski definition) is 8. The number of aryl methyl sites for hydroxylation is 1. The van der Waals surface area contributed by atoms with Gasteiger partial charge in [-0.05, 0) is 81.5 Å². The number of carbonyl (C=O) groups excluding carboxylic acids is 3. The van der Waals surface area contributed by atoms with E-state index < -0.39 is 29.6 Å². The zero-order chi connectivity index (χ0) is 31.3. The highest BCUT2D eigenvalue weighted by atomic mass is 16.6. The van der Waals surface area contributed by atoms with Crippen LogP contribution in [0.4, 0.5) is 4.79 Å². The molecule has 4 rings (SSSR count). The van der Waals surface area contributed by atoms with E-state index in [4.69, 9.17) is 23.7 Å². The first kappa shape index (κ1) is 31.4. The van der Waals surface area contributed by atoms with Crippen LogP contribution in [-0.2, 0) is 22.4 Å². The second-order valence-corrected chi connectivity index (χ2v) is 11.6. The molecule has 1 unspecified atom stereocenters. The highest BCUT2D eigenvalue weighted by Gasteiger charge is 2.34. The summed E-state index contributed by atoms with van der Waals surface area (Å²) in [5.74, 6) is 0.315. The van der Waals surface area contributed by atoms with Crippen molar-refractivity contribution in [3.63, 3.8) is 0 Å². The molecule has 0 radical (unpaired) electrons. The molecule has 0 aliphatic carbocycles. The van der Waals surface area contributed by atoms with E-state index in [-0.39, 0.29) is 24.6 Å². The van der Waals surface area contributed by atoms with Crippen molar-refractivity contribution in [2.45, 2.75) is 59.1 Å². The Morgan fingerprint density at radius 3 is 2.35 bits per heavy atom. The molecular formula is C34H39NO8. The van der Waals surface area contributed by atoms with E-state index in [1.807, 2.05) is 56.3 Å². The highest BCUT2D eigenvalue weighted by molar-refractivity contribution is 6.04. The maximum Gasteiger partial charge on any atom is 0.408 e. The van der Waals surface area contributed by atoms with Crippen LogP contribution < -0.4 is 24.3 Å². The molecule has 0 bridgehead atoms. The first-order valence-electron chi connectivity index (χ1n) is 14.2. The van der Waals surface area contributed by atoms with Crippen LogP contribution in [0.5, 0.6) is 23.0 Å². The Kier molecular flexibility index (Phi) is 9.63. The number of ketones is 1. The molecular weight excluding hydrogens is 550 g/mol. The van der Waals surface area contributed by atoms with Gasteiger partial charge in [0.15, 0.2) is 17.3 Å². The van der Waals surface area contributed by atoms with E-state index in [1.165, 1.54) is 7.11 Å². The number of nitrogens with one attached hydrogen (secondary N) is 1. The minimum absolute atomic E-state index is 0.0694. The Morgan fingerprint density at radius 1 is 0.977 bits per heavy atom. The number of methoxy groups -OCH3 is 2. The third kappa shape index (κ3) is 7.66. The number of esters is 1. The Hall–Kier alpha value is -4.53.